The minimum atomic E-state index is 0.292. The Bertz CT molecular complexity index is 294. The molecule has 0 aromatic carbocycles. The van der Waals surface area contributed by atoms with Crippen molar-refractivity contribution in [2.75, 3.05) is 0 Å². The second kappa shape index (κ2) is 6.60. The summed E-state index contributed by atoms with van der Waals surface area (Å²) in [6.07, 6.45) is 4.65. The summed E-state index contributed by atoms with van der Waals surface area (Å²) in [5.41, 5.74) is 2.84. The fourth-order valence-electron chi connectivity index (χ4n) is 1.76. The van der Waals surface area contributed by atoms with Crippen LogP contribution in [0.25, 0.3) is 0 Å². The zero-order valence-corrected chi connectivity index (χ0v) is 10.5. The van der Waals surface area contributed by atoms with Crippen molar-refractivity contribution in [1.29, 1.82) is 0 Å². The van der Waals surface area contributed by atoms with Gasteiger partial charge in [-0.3, -0.25) is 11.3 Å². The van der Waals surface area contributed by atoms with Crippen LogP contribution in [0.4, 0.5) is 0 Å². The van der Waals surface area contributed by atoms with E-state index in [1.54, 1.807) is 6.33 Å². The Morgan fingerprint density at radius 3 is 2.81 bits per heavy atom. The van der Waals surface area contributed by atoms with Gasteiger partial charge in [-0.2, -0.15) is 5.10 Å². The average Bonchev–Trinajstić information content (AvgIpc) is 2.64. The molecule has 0 saturated heterocycles. The molecule has 5 nitrogen and oxygen atoms in total. The lowest BCUT2D eigenvalue weighted by Gasteiger charge is -2.15. The average molecular weight is 225 g/mol. The first-order valence-electron chi connectivity index (χ1n) is 6.00. The van der Waals surface area contributed by atoms with E-state index in [0.717, 1.165) is 31.6 Å². The number of rotatable bonds is 7. The summed E-state index contributed by atoms with van der Waals surface area (Å²) in [7, 11) is 0. The van der Waals surface area contributed by atoms with Gasteiger partial charge < -0.3 is 0 Å². The van der Waals surface area contributed by atoms with Crippen LogP contribution in [0.1, 0.15) is 39.4 Å². The lowest BCUT2D eigenvalue weighted by Crippen LogP contribution is -2.37. The molecule has 16 heavy (non-hydrogen) atoms. The van der Waals surface area contributed by atoms with E-state index in [2.05, 4.69) is 36.3 Å². The van der Waals surface area contributed by atoms with Crippen LogP contribution in [-0.2, 0) is 13.0 Å². The normalized spacial score (nSPS) is 13.3. The molecule has 0 aliphatic rings. The van der Waals surface area contributed by atoms with Crippen molar-refractivity contribution in [2.24, 2.45) is 11.8 Å². The second-order valence-corrected chi connectivity index (χ2v) is 4.61. The SMILES string of the molecule is CCCC(Cc1ncnn1CC(C)C)NN. The van der Waals surface area contributed by atoms with Gasteiger partial charge in [-0.25, -0.2) is 9.67 Å². The highest BCUT2D eigenvalue weighted by Gasteiger charge is 2.12. The molecular weight excluding hydrogens is 202 g/mol. The van der Waals surface area contributed by atoms with E-state index in [1.165, 1.54) is 0 Å². The van der Waals surface area contributed by atoms with Crippen LogP contribution in [0.5, 0.6) is 0 Å². The summed E-state index contributed by atoms with van der Waals surface area (Å²) < 4.78 is 1.98. The molecule has 5 heteroatoms. The van der Waals surface area contributed by atoms with Crippen LogP contribution in [0, 0.1) is 5.92 Å². The van der Waals surface area contributed by atoms with Crippen LogP contribution >= 0.6 is 0 Å². The van der Waals surface area contributed by atoms with E-state index < -0.39 is 0 Å². The predicted molar refractivity (Wildman–Crippen MR) is 64.6 cm³/mol. The molecule has 0 aliphatic heterocycles. The van der Waals surface area contributed by atoms with E-state index in [0.29, 0.717) is 12.0 Å². The molecule has 0 aliphatic carbocycles. The van der Waals surface area contributed by atoms with E-state index >= 15 is 0 Å². The monoisotopic (exact) mass is 225 g/mol. The van der Waals surface area contributed by atoms with E-state index in [9.17, 15) is 0 Å². The van der Waals surface area contributed by atoms with Gasteiger partial charge in [0.15, 0.2) is 0 Å². The molecule has 1 heterocycles. The molecular formula is C11H23N5. The highest BCUT2D eigenvalue weighted by atomic mass is 15.3. The van der Waals surface area contributed by atoms with Crippen molar-refractivity contribution in [3.63, 3.8) is 0 Å². The smallest absolute Gasteiger partial charge is 0.138 e. The van der Waals surface area contributed by atoms with Crippen molar-refractivity contribution < 1.29 is 0 Å². The van der Waals surface area contributed by atoms with Gasteiger partial charge in [-0.15, -0.1) is 0 Å². The molecule has 0 saturated carbocycles. The van der Waals surface area contributed by atoms with Crippen LogP contribution in [0.15, 0.2) is 6.33 Å². The van der Waals surface area contributed by atoms with Gasteiger partial charge in [0.05, 0.1) is 0 Å². The number of hydrogen-bond donors (Lipinski definition) is 2. The zero-order valence-electron chi connectivity index (χ0n) is 10.5. The summed E-state index contributed by atoms with van der Waals surface area (Å²) in [4.78, 5) is 4.30. The number of nitrogens with zero attached hydrogens (tertiary/aromatic N) is 3. The third kappa shape index (κ3) is 3.90. The Morgan fingerprint density at radius 1 is 1.50 bits per heavy atom. The number of aromatic nitrogens is 3. The molecule has 1 unspecified atom stereocenters. The van der Waals surface area contributed by atoms with Crippen molar-refractivity contribution in [1.82, 2.24) is 20.2 Å². The molecule has 1 aromatic heterocycles. The first kappa shape index (κ1) is 13.1. The molecule has 1 atom stereocenters. The fourth-order valence-corrected chi connectivity index (χ4v) is 1.76. The maximum atomic E-state index is 5.52. The Hall–Kier alpha value is -0.940. The standard InChI is InChI=1S/C11H23N5/c1-4-5-10(15-12)6-11-13-8-14-16(11)7-9(2)3/h8-10,15H,4-7,12H2,1-3H3. The van der Waals surface area contributed by atoms with Gasteiger partial charge in [0.1, 0.15) is 12.2 Å². The summed E-state index contributed by atoms with van der Waals surface area (Å²) in [6.45, 7) is 7.42. The summed E-state index contributed by atoms with van der Waals surface area (Å²) in [5.74, 6) is 7.12. The van der Waals surface area contributed by atoms with Crippen LogP contribution in [-0.4, -0.2) is 20.8 Å². The van der Waals surface area contributed by atoms with E-state index in [1.807, 2.05) is 4.68 Å². The topological polar surface area (TPSA) is 68.8 Å². The molecule has 0 amide bonds. The Morgan fingerprint density at radius 2 is 2.25 bits per heavy atom. The number of nitrogens with one attached hydrogen (secondary N) is 1. The van der Waals surface area contributed by atoms with Gasteiger partial charge in [0.2, 0.25) is 0 Å². The highest BCUT2D eigenvalue weighted by Crippen LogP contribution is 2.06. The highest BCUT2D eigenvalue weighted by molar-refractivity contribution is 4.89. The quantitative estimate of drug-likeness (QED) is 0.539. The molecule has 0 spiro atoms. The van der Waals surface area contributed by atoms with Crippen LogP contribution in [0.3, 0.4) is 0 Å². The van der Waals surface area contributed by atoms with Crippen molar-refractivity contribution in [3.8, 4) is 0 Å². The van der Waals surface area contributed by atoms with Gasteiger partial charge in [-0.1, -0.05) is 27.2 Å². The Balaban J connectivity index is 2.61. The lowest BCUT2D eigenvalue weighted by molar-refractivity contribution is 0.430. The van der Waals surface area contributed by atoms with Crippen molar-refractivity contribution in [2.45, 2.75) is 52.6 Å². The van der Waals surface area contributed by atoms with Gasteiger partial charge >= 0.3 is 0 Å². The van der Waals surface area contributed by atoms with Crippen LogP contribution < -0.4 is 11.3 Å². The van der Waals surface area contributed by atoms with Crippen molar-refractivity contribution >= 4 is 0 Å². The summed E-state index contributed by atoms with van der Waals surface area (Å²) in [5, 5.41) is 4.24. The number of hydrazine groups is 1. The van der Waals surface area contributed by atoms with Gasteiger partial charge in [-0.05, 0) is 12.3 Å². The molecule has 1 aromatic rings. The molecule has 0 radical (unpaired) electrons. The minimum Gasteiger partial charge on any atom is -0.271 e. The minimum absolute atomic E-state index is 0.292. The zero-order chi connectivity index (χ0) is 12.0. The van der Waals surface area contributed by atoms with Crippen LogP contribution in [0.2, 0.25) is 0 Å². The predicted octanol–water partition coefficient (Wildman–Crippen LogP) is 1.11. The second-order valence-electron chi connectivity index (χ2n) is 4.61. The first-order valence-corrected chi connectivity index (χ1v) is 6.00. The molecule has 92 valence electrons. The Labute approximate surface area is 97.4 Å². The molecule has 1 rings (SSSR count). The molecule has 0 fully saturated rings. The number of hydrogen-bond acceptors (Lipinski definition) is 4. The largest absolute Gasteiger partial charge is 0.271 e. The van der Waals surface area contributed by atoms with Gasteiger partial charge in [0, 0.05) is 19.0 Å². The first-order chi connectivity index (χ1) is 7.67. The third-order valence-electron chi connectivity index (χ3n) is 2.54. The molecule has 3 N–H and O–H groups in total. The maximum absolute atomic E-state index is 5.52. The van der Waals surface area contributed by atoms with Gasteiger partial charge in [0.25, 0.3) is 0 Å². The van der Waals surface area contributed by atoms with E-state index in [-0.39, 0.29) is 0 Å². The van der Waals surface area contributed by atoms with Crippen molar-refractivity contribution in [3.05, 3.63) is 12.2 Å². The molecule has 0 bridgehead atoms. The third-order valence-corrected chi connectivity index (χ3v) is 2.54. The maximum Gasteiger partial charge on any atom is 0.138 e. The van der Waals surface area contributed by atoms with E-state index in [4.69, 9.17) is 5.84 Å². The Kier molecular flexibility index (Phi) is 5.42. The lowest BCUT2D eigenvalue weighted by atomic mass is 10.1. The fraction of sp³-hybridized carbons (Fsp3) is 0.818. The number of nitrogens with two attached hydrogens (primary N) is 1. The summed E-state index contributed by atoms with van der Waals surface area (Å²) in [6, 6.07) is 0.292. The summed E-state index contributed by atoms with van der Waals surface area (Å²) >= 11 is 0.